The Hall–Kier alpha value is -4.12. The molecule has 34 heavy (non-hydrogen) atoms. The van der Waals surface area contributed by atoms with Gasteiger partial charge in [-0.15, -0.1) is 0 Å². The Balaban J connectivity index is 1.43. The summed E-state index contributed by atoms with van der Waals surface area (Å²) in [6, 6.07) is 32.5. The quantitative estimate of drug-likeness (QED) is 0.451. The third-order valence-corrected chi connectivity index (χ3v) is 6.40. The van der Waals surface area contributed by atoms with E-state index in [0.717, 1.165) is 23.4 Å². The Morgan fingerprint density at radius 2 is 1.44 bits per heavy atom. The summed E-state index contributed by atoms with van der Waals surface area (Å²) in [6.07, 6.45) is 2.26. The maximum atomic E-state index is 13.8. The summed E-state index contributed by atoms with van der Waals surface area (Å²) in [5.41, 5.74) is 3.68. The van der Waals surface area contributed by atoms with E-state index in [9.17, 15) is 9.59 Å². The third kappa shape index (κ3) is 4.50. The lowest BCUT2D eigenvalue weighted by atomic mass is 9.97. The van der Waals surface area contributed by atoms with Gasteiger partial charge in [0.2, 0.25) is 5.91 Å². The minimum atomic E-state index is -0.424. The molecule has 1 aliphatic heterocycles. The maximum absolute atomic E-state index is 13.8. The second kappa shape index (κ2) is 9.79. The molecular formula is C29H27N3O2. The average Bonchev–Trinajstić information content (AvgIpc) is 3.38. The highest BCUT2D eigenvalue weighted by molar-refractivity contribution is 5.94. The van der Waals surface area contributed by atoms with E-state index >= 15 is 0 Å². The Morgan fingerprint density at radius 3 is 2.15 bits per heavy atom. The molecule has 2 amide bonds. The van der Waals surface area contributed by atoms with Crippen molar-refractivity contribution in [1.82, 2.24) is 14.8 Å². The molecule has 2 atom stereocenters. The molecular weight excluding hydrogens is 422 g/mol. The van der Waals surface area contributed by atoms with Crippen LogP contribution in [0.25, 0.3) is 0 Å². The number of amides is 2. The van der Waals surface area contributed by atoms with Crippen molar-refractivity contribution in [2.45, 2.75) is 25.0 Å². The second-order valence-corrected chi connectivity index (χ2v) is 8.53. The summed E-state index contributed by atoms with van der Waals surface area (Å²) in [4.78, 5) is 28.7. The summed E-state index contributed by atoms with van der Waals surface area (Å²) in [5, 5.41) is 3.10. The normalized spacial score (nSPS) is 15.9. The van der Waals surface area contributed by atoms with E-state index in [4.69, 9.17) is 0 Å². The molecule has 1 N–H and O–H groups in total. The SMILES string of the molecule is O=C(NC(CC(=O)N1CCn2cccc2C1c1ccccc1)c1ccccc1)c1ccccc1. The lowest BCUT2D eigenvalue weighted by molar-refractivity contribution is -0.134. The molecule has 5 rings (SSSR count). The summed E-state index contributed by atoms with van der Waals surface area (Å²) in [6.45, 7) is 1.37. The smallest absolute Gasteiger partial charge is 0.251 e. The predicted molar refractivity (Wildman–Crippen MR) is 132 cm³/mol. The van der Waals surface area contributed by atoms with Gasteiger partial charge in [-0.3, -0.25) is 9.59 Å². The molecule has 2 unspecified atom stereocenters. The fraction of sp³-hybridized carbons (Fsp3) is 0.172. The number of rotatable bonds is 6. The summed E-state index contributed by atoms with van der Waals surface area (Å²) in [7, 11) is 0. The first-order valence-corrected chi connectivity index (χ1v) is 11.6. The van der Waals surface area contributed by atoms with Crippen molar-refractivity contribution < 1.29 is 9.59 Å². The Bertz CT molecular complexity index is 1250. The number of hydrogen-bond acceptors (Lipinski definition) is 2. The van der Waals surface area contributed by atoms with Gasteiger partial charge in [-0.1, -0.05) is 78.9 Å². The van der Waals surface area contributed by atoms with E-state index in [2.05, 4.69) is 34.3 Å². The number of aromatic nitrogens is 1. The van der Waals surface area contributed by atoms with Gasteiger partial charge in [0.05, 0.1) is 18.5 Å². The van der Waals surface area contributed by atoms with E-state index in [1.165, 1.54) is 0 Å². The van der Waals surface area contributed by atoms with Crippen LogP contribution in [0.1, 0.15) is 45.7 Å². The molecule has 3 aromatic carbocycles. The van der Waals surface area contributed by atoms with Gasteiger partial charge in [0.15, 0.2) is 0 Å². The zero-order chi connectivity index (χ0) is 23.3. The second-order valence-electron chi connectivity index (χ2n) is 8.53. The van der Waals surface area contributed by atoms with Crippen molar-refractivity contribution in [3.8, 4) is 0 Å². The summed E-state index contributed by atoms with van der Waals surface area (Å²) < 4.78 is 2.22. The van der Waals surface area contributed by atoms with E-state index in [1.807, 2.05) is 77.7 Å². The van der Waals surface area contributed by atoms with E-state index in [-0.39, 0.29) is 24.3 Å². The van der Waals surface area contributed by atoms with E-state index in [1.54, 1.807) is 12.1 Å². The highest BCUT2D eigenvalue weighted by atomic mass is 16.2. The molecule has 5 heteroatoms. The van der Waals surface area contributed by atoms with Crippen LogP contribution in [0.3, 0.4) is 0 Å². The van der Waals surface area contributed by atoms with Crippen molar-refractivity contribution in [2.24, 2.45) is 0 Å². The monoisotopic (exact) mass is 449 g/mol. The number of hydrogen-bond donors (Lipinski definition) is 1. The fourth-order valence-electron chi connectivity index (χ4n) is 4.70. The molecule has 0 spiro atoms. The van der Waals surface area contributed by atoms with Crippen LogP contribution >= 0.6 is 0 Å². The third-order valence-electron chi connectivity index (χ3n) is 6.40. The van der Waals surface area contributed by atoms with Crippen LogP contribution in [0.15, 0.2) is 109 Å². The molecule has 0 fully saturated rings. The van der Waals surface area contributed by atoms with E-state index in [0.29, 0.717) is 12.1 Å². The first-order chi connectivity index (χ1) is 16.7. The Kier molecular flexibility index (Phi) is 6.25. The number of carbonyl (C=O) groups excluding carboxylic acids is 2. The topological polar surface area (TPSA) is 54.3 Å². The van der Waals surface area contributed by atoms with Crippen LogP contribution in [0.5, 0.6) is 0 Å². The van der Waals surface area contributed by atoms with Gasteiger partial charge in [-0.2, -0.15) is 0 Å². The number of benzene rings is 3. The van der Waals surface area contributed by atoms with Gasteiger partial charge in [0.1, 0.15) is 0 Å². The highest BCUT2D eigenvalue weighted by Crippen LogP contribution is 2.33. The highest BCUT2D eigenvalue weighted by Gasteiger charge is 2.33. The molecule has 4 aromatic rings. The van der Waals surface area contributed by atoms with Crippen molar-refractivity contribution in [3.05, 3.63) is 132 Å². The minimum Gasteiger partial charge on any atom is -0.348 e. The van der Waals surface area contributed by atoms with Crippen LogP contribution in [-0.4, -0.2) is 27.8 Å². The molecule has 0 saturated heterocycles. The zero-order valence-corrected chi connectivity index (χ0v) is 18.9. The predicted octanol–water partition coefficient (Wildman–Crippen LogP) is 4.98. The largest absolute Gasteiger partial charge is 0.348 e. The zero-order valence-electron chi connectivity index (χ0n) is 18.9. The lowest BCUT2D eigenvalue weighted by Gasteiger charge is -2.38. The molecule has 0 aliphatic carbocycles. The van der Waals surface area contributed by atoms with Gasteiger partial charge in [0.25, 0.3) is 5.91 Å². The Morgan fingerprint density at radius 1 is 0.794 bits per heavy atom. The van der Waals surface area contributed by atoms with Crippen molar-refractivity contribution >= 4 is 11.8 Å². The van der Waals surface area contributed by atoms with Crippen molar-refractivity contribution in [2.75, 3.05) is 6.54 Å². The van der Waals surface area contributed by atoms with Gasteiger partial charge < -0.3 is 14.8 Å². The standard InChI is InChI=1S/C29H27N3O2/c33-27(32-20-19-31-18-10-17-26(31)28(32)23-13-6-2-7-14-23)21-25(22-11-4-1-5-12-22)30-29(34)24-15-8-3-9-16-24/h1-18,25,28H,19-21H2,(H,30,34). The number of carbonyl (C=O) groups is 2. The fourth-order valence-corrected chi connectivity index (χ4v) is 4.70. The number of nitrogens with zero attached hydrogens (tertiary/aromatic N) is 2. The molecule has 5 nitrogen and oxygen atoms in total. The average molecular weight is 450 g/mol. The van der Waals surface area contributed by atoms with Gasteiger partial charge in [-0.05, 0) is 35.4 Å². The molecule has 0 saturated carbocycles. The first kappa shape index (κ1) is 21.7. The van der Waals surface area contributed by atoms with Crippen LogP contribution in [-0.2, 0) is 11.3 Å². The first-order valence-electron chi connectivity index (χ1n) is 11.6. The molecule has 170 valence electrons. The van der Waals surface area contributed by atoms with Gasteiger partial charge >= 0.3 is 0 Å². The van der Waals surface area contributed by atoms with Gasteiger partial charge in [-0.25, -0.2) is 0 Å². The molecule has 1 aromatic heterocycles. The summed E-state index contributed by atoms with van der Waals surface area (Å²) >= 11 is 0. The van der Waals surface area contributed by atoms with Crippen LogP contribution in [0.4, 0.5) is 0 Å². The van der Waals surface area contributed by atoms with E-state index < -0.39 is 6.04 Å². The van der Waals surface area contributed by atoms with Crippen LogP contribution < -0.4 is 5.32 Å². The lowest BCUT2D eigenvalue weighted by Crippen LogP contribution is -2.44. The summed E-state index contributed by atoms with van der Waals surface area (Å²) in [5.74, 6) is -0.169. The molecule has 1 aliphatic rings. The van der Waals surface area contributed by atoms with Crippen molar-refractivity contribution in [3.63, 3.8) is 0 Å². The molecule has 2 heterocycles. The van der Waals surface area contributed by atoms with Crippen LogP contribution in [0.2, 0.25) is 0 Å². The minimum absolute atomic E-state index is 0.0171. The maximum Gasteiger partial charge on any atom is 0.251 e. The molecule has 0 radical (unpaired) electrons. The Labute approximate surface area is 199 Å². The van der Waals surface area contributed by atoms with Crippen molar-refractivity contribution in [1.29, 1.82) is 0 Å². The van der Waals surface area contributed by atoms with Crippen LogP contribution in [0, 0.1) is 0 Å². The van der Waals surface area contributed by atoms with Gasteiger partial charge in [0, 0.05) is 30.5 Å². The number of nitrogens with one attached hydrogen (secondary N) is 1. The number of fused-ring (bicyclic) bond motifs is 1. The molecule has 0 bridgehead atoms.